The molecule has 0 bridgehead atoms. The van der Waals surface area contributed by atoms with Gasteiger partial charge in [-0.25, -0.2) is 0 Å². The van der Waals surface area contributed by atoms with E-state index in [1.807, 2.05) is 79.7 Å². The third-order valence-corrected chi connectivity index (χ3v) is 5.65. The molecule has 5 nitrogen and oxygen atoms in total. The summed E-state index contributed by atoms with van der Waals surface area (Å²) in [5, 5.41) is 7.84. The normalized spacial score (nSPS) is 11.6. The lowest BCUT2D eigenvalue weighted by Gasteiger charge is -2.19. The van der Waals surface area contributed by atoms with Gasteiger partial charge in [0.25, 0.3) is 11.8 Å². The van der Waals surface area contributed by atoms with Crippen molar-refractivity contribution in [1.82, 2.24) is 5.32 Å². The van der Waals surface area contributed by atoms with Crippen LogP contribution in [-0.4, -0.2) is 24.5 Å². The zero-order valence-corrected chi connectivity index (χ0v) is 19.2. The summed E-state index contributed by atoms with van der Waals surface area (Å²) in [7, 11) is 0. The predicted molar refractivity (Wildman–Crippen MR) is 136 cm³/mol. The van der Waals surface area contributed by atoms with Crippen molar-refractivity contribution in [2.45, 2.75) is 25.9 Å². The first-order valence-corrected chi connectivity index (χ1v) is 11.5. The average Bonchev–Trinajstić information content (AvgIpc) is 2.88. The van der Waals surface area contributed by atoms with Gasteiger partial charge in [-0.2, -0.15) is 0 Å². The van der Waals surface area contributed by atoms with Gasteiger partial charge in [-0.1, -0.05) is 85.8 Å². The molecule has 4 aromatic carbocycles. The number of ether oxygens (including phenoxy) is 1. The summed E-state index contributed by atoms with van der Waals surface area (Å²) in [4.78, 5) is 25.9. The molecule has 34 heavy (non-hydrogen) atoms. The number of hydrogen-bond donors (Lipinski definition) is 2. The van der Waals surface area contributed by atoms with Crippen LogP contribution in [0, 0.1) is 0 Å². The Labute approximate surface area is 199 Å². The number of hydrogen-bond acceptors (Lipinski definition) is 3. The molecule has 0 heterocycles. The molecule has 0 radical (unpaired) electrons. The van der Waals surface area contributed by atoms with E-state index in [9.17, 15) is 9.59 Å². The molecule has 0 fully saturated rings. The van der Waals surface area contributed by atoms with Crippen LogP contribution in [0.15, 0.2) is 97.1 Å². The highest BCUT2D eigenvalue weighted by atomic mass is 16.5. The molecule has 5 heteroatoms. The van der Waals surface area contributed by atoms with Crippen molar-refractivity contribution in [3.05, 3.63) is 108 Å². The summed E-state index contributed by atoms with van der Waals surface area (Å²) in [6.07, 6.45) is 0.526. The molecule has 1 unspecified atom stereocenters. The summed E-state index contributed by atoms with van der Waals surface area (Å²) in [6, 6.07) is 30.7. The molecule has 0 aromatic heterocycles. The molecule has 0 aliphatic rings. The molecule has 2 amide bonds. The van der Waals surface area contributed by atoms with Crippen LogP contribution >= 0.6 is 0 Å². The zero-order chi connectivity index (χ0) is 23.8. The van der Waals surface area contributed by atoms with E-state index in [4.69, 9.17) is 4.74 Å². The van der Waals surface area contributed by atoms with Gasteiger partial charge in [0.05, 0.1) is 11.3 Å². The number of amides is 2. The van der Waals surface area contributed by atoms with E-state index in [0.29, 0.717) is 30.0 Å². The molecule has 0 saturated carbocycles. The second kappa shape index (κ2) is 11.1. The number of rotatable bonds is 9. The minimum absolute atomic E-state index is 0.227. The number of fused-ring (bicyclic) bond motifs is 1. The number of carbonyl (C=O) groups is 2. The highest BCUT2D eigenvalue weighted by Crippen LogP contribution is 2.27. The third-order valence-electron chi connectivity index (χ3n) is 5.65. The fourth-order valence-corrected chi connectivity index (χ4v) is 3.84. The van der Waals surface area contributed by atoms with Crippen LogP contribution in [0.1, 0.15) is 29.3 Å². The number of benzene rings is 4. The molecule has 4 rings (SSSR count). The van der Waals surface area contributed by atoms with E-state index in [1.54, 1.807) is 24.3 Å². The number of anilines is 1. The van der Waals surface area contributed by atoms with Crippen LogP contribution < -0.4 is 15.4 Å². The van der Waals surface area contributed by atoms with Crippen molar-refractivity contribution in [1.29, 1.82) is 0 Å². The monoisotopic (exact) mass is 452 g/mol. The van der Waals surface area contributed by atoms with Gasteiger partial charge in [-0.3, -0.25) is 9.59 Å². The highest BCUT2D eigenvalue weighted by Gasteiger charge is 2.21. The van der Waals surface area contributed by atoms with Crippen LogP contribution in [0.4, 0.5) is 5.69 Å². The molecule has 2 N–H and O–H groups in total. The summed E-state index contributed by atoms with van der Waals surface area (Å²) in [5.74, 6) is 0.141. The van der Waals surface area contributed by atoms with Crippen LogP contribution in [0.2, 0.25) is 0 Å². The summed E-state index contributed by atoms with van der Waals surface area (Å²) in [6.45, 7) is 2.41. The molecule has 4 aromatic rings. The van der Waals surface area contributed by atoms with E-state index < -0.39 is 6.10 Å². The second-order valence-corrected chi connectivity index (χ2v) is 8.02. The smallest absolute Gasteiger partial charge is 0.265 e. The van der Waals surface area contributed by atoms with Gasteiger partial charge in [0, 0.05) is 11.9 Å². The minimum Gasteiger partial charge on any atom is -0.480 e. The van der Waals surface area contributed by atoms with Crippen LogP contribution in [0.25, 0.3) is 10.8 Å². The maximum atomic E-state index is 13.1. The van der Waals surface area contributed by atoms with Gasteiger partial charge in [0.15, 0.2) is 6.10 Å². The first kappa shape index (κ1) is 23.1. The Bertz CT molecular complexity index is 1270. The van der Waals surface area contributed by atoms with E-state index in [0.717, 1.165) is 22.8 Å². The Morgan fingerprint density at radius 2 is 1.53 bits per heavy atom. The molecule has 0 spiro atoms. The van der Waals surface area contributed by atoms with E-state index in [2.05, 4.69) is 10.6 Å². The van der Waals surface area contributed by atoms with Crippen molar-refractivity contribution in [3.8, 4) is 5.75 Å². The average molecular weight is 453 g/mol. The van der Waals surface area contributed by atoms with Gasteiger partial charge in [0.1, 0.15) is 5.75 Å². The Kier molecular flexibility index (Phi) is 7.56. The quantitative estimate of drug-likeness (QED) is 0.347. The van der Waals surface area contributed by atoms with Gasteiger partial charge in [0.2, 0.25) is 0 Å². The SMILES string of the molecule is CCC(Oc1cccc2ccccc12)C(=O)Nc1ccccc1C(=O)NCCc1ccccc1. The lowest BCUT2D eigenvalue weighted by molar-refractivity contribution is -0.122. The molecular formula is C29H28N2O3. The summed E-state index contributed by atoms with van der Waals surface area (Å²) in [5.41, 5.74) is 2.04. The van der Waals surface area contributed by atoms with Gasteiger partial charge in [-0.15, -0.1) is 0 Å². The van der Waals surface area contributed by atoms with Crippen LogP contribution in [0.3, 0.4) is 0 Å². The van der Waals surface area contributed by atoms with Crippen molar-refractivity contribution < 1.29 is 14.3 Å². The van der Waals surface area contributed by atoms with E-state index in [-0.39, 0.29) is 11.8 Å². The van der Waals surface area contributed by atoms with Gasteiger partial charge in [-0.05, 0) is 42.0 Å². The van der Waals surface area contributed by atoms with Gasteiger partial charge >= 0.3 is 0 Å². The maximum absolute atomic E-state index is 13.1. The fraction of sp³-hybridized carbons (Fsp3) is 0.172. The van der Waals surface area contributed by atoms with Crippen molar-refractivity contribution in [3.63, 3.8) is 0 Å². The lowest BCUT2D eigenvalue weighted by Crippen LogP contribution is -2.33. The largest absolute Gasteiger partial charge is 0.480 e. The van der Waals surface area contributed by atoms with Gasteiger partial charge < -0.3 is 15.4 Å². The second-order valence-electron chi connectivity index (χ2n) is 8.02. The minimum atomic E-state index is -0.694. The maximum Gasteiger partial charge on any atom is 0.265 e. The van der Waals surface area contributed by atoms with E-state index in [1.165, 1.54) is 0 Å². The Morgan fingerprint density at radius 3 is 2.35 bits per heavy atom. The summed E-state index contributed by atoms with van der Waals surface area (Å²) >= 11 is 0. The third kappa shape index (κ3) is 5.62. The lowest BCUT2D eigenvalue weighted by atomic mass is 10.1. The molecule has 1 atom stereocenters. The molecule has 172 valence electrons. The Balaban J connectivity index is 1.43. The molecule has 0 aliphatic heterocycles. The van der Waals surface area contributed by atoms with E-state index >= 15 is 0 Å². The fourth-order valence-electron chi connectivity index (χ4n) is 3.84. The van der Waals surface area contributed by atoms with Crippen molar-refractivity contribution in [2.24, 2.45) is 0 Å². The highest BCUT2D eigenvalue weighted by molar-refractivity contribution is 6.04. The van der Waals surface area contributed by atoms with Crippen LogP contribution in [-0.2, 0) is 11.2 Å². The number of nitrogens with one attached hydrogen (secondary N) is 2. The van der Waals surface area contributed by atoms with Crippen LogP contribution in [0.5, 0.6) is 5.75 Å². The number of carbonyl (C=O) groups excluding carboxylic acids is 2. The number of para-hydroxylation sites is 1. The standard InChI is InChI=1S/C29H28N2O3/c1-2-26(34-27-18-10-14-22-13-6-7-15-23(22)27)29(33)31-25-17-9-8-16-24(25)28(32)30-20-19-21-11-4-3-5-12-21/h3-18,26H,2,19-20H2,1H3,(H,30,32)(H,31,33). The van der Waals surface area contributed by atoms with Crippen molar-refractivity contribution in [2.75, 3.05) is 11.9 Å². The molecule has 0 aliphatic carbocycles. The topological polar surface area (TPSA) is 67.4 Å². The van der Waals surface area contributed by atoms with Crippen molar-refractivity contribution >= 4 is 28.3 Å². The first-order valence-electron chi connectivity index (χ1n) is 11.5. The first-order chi connectivity index (χ1) is 16.7. The Morgan fingerprint density at radius 1 is 0.824 bits per heavy atom. The molecular weight excluding hydrogens is 424 g/mol. The predicted octanol–water partition coefficient (Wildman–Crippen LogP) is 5.61. The Hall–Kier alpha value is -4.12. The summed E-state index contributed by atoms with van der Waals surface area (Å²) < 4.78 is 6.11. The zero-order valence-electron chi connectivity index (χ0n) is 19.2. The molecule has 0 saturated heterocycles.